The first-order valence-corrected chi connectivity index (χ1v) is 5.86. The molecule has 0 N–H and O–H groups in total. The smallest absolute Gasteiger partial charge is 0.206 e. The van der Waals surface area contributed by atoms with Crippen LogP contribution in [0.15, 0.2) is 30.3 Å². The lowest BCUT2D eigenvalue weighted by Crippen LogP contribution is -2.06. The summed E-state index contributed by atoms with van der Waals surface area (Å²) in [5.74, 6) is 1.16. The van der Waals surface area contributed by atoms with Crippen LogP contribution >= 0.6 is 11.8 Å². The molecule has 0 bridgehead atoms. The van der Waals surface area contributed by atoms with Crippen LogP contribution in [0.1, 0.15) is 12.5 Å². The molecule has 0 aromatic heterocycles. The van der Waals surface area contributed by atoms with Gasteiger partial charge in [0, 0.05) is 12.7 Å². The van der Waals surface area contributed by atoms with Gasteiger partial charge in [-0.1, -0.05) is 42.1 Å². The van der Waals surface area contributed by atoms with E-state index in [0.29, 0.717) is 0 Å². The van der Waals surface area contributed by atoms with Crippen molar-refractivity contribution < 1.29 is 4.58 Å². The van der Waals surface area contributed by atoms with Crippen LogP contribution in [0.25, 0.3) is 0 Å². The molecular weight excluding hydrogens is 190 g/mol. The molecule has 0 spiro atoms. The summed E-state index contributed by atoms with van der Waals surface area (Å²) in [5, 5.41) is 1.38. The molecule has 14 heavy (non-hydrogen) atoms. The molecule has 0 saturated carbocycles. The second-order valence-electron chi connectivity index (χ2n) is 3.50. The highest BCUT2D eigenvalue weighted by Gasteiger charge is 2.00. The predicted molar refractivity (Wildman–Crippen MR) is 65.4 cm³/mol. The fourth-order valence-electron chi connectivity index (χ4n) is 1.09. The van der Waals surface area contributed by atoms with Crippen molar-refractivity contribution in [2.24, 2.45) is 0 Å². The van der Waals surface area contributed by atoms with E-state index in [-0.39, 0.29) is 0 Å². The summed E-state index contributed by atoms with van der Waals surface area (Å²) in [7, 11) is 4.18. The summed E-state index contributed by atoms with van der Waals surface area (Å²) in [6, 6.07) is 10.6. The van der Waals surface area contributed by atoms with Crippen LogP contribution < -0.4 is 0 Å². The van der Waals surface area contributed by atoms with E-state index in [1.165, 1.54) is 10.6 Å². The highest BCUT2D eigenvalue weighted by atomic mass is 32.2. The van der Waals surface area contributed by atoms with E-state index in [9.17, 15) is 0 Å². The maximum atomic E-state index is 2.19. The molecular formula is C12H18NS+. The molecule has 0 heterocycles. The van der Waals surface area contributed by atoms with E-state index in [0.717, 1.165) is 12.2 Å². The average molecular weight is 208 g/mol. The van der Waals surface area contributed by atoms with Crippen molar-refractivity contribution in [1.82, 2.24) is 0 Å². The fourth-order valence-corrected chi connectivity index (χ4v) is 1.98. The quantitative estimate of drug-likeness (QED) is 0.419. The molecule has 1 aromatic rings. The topological polar surface area (TPSA) is 3.01 Å². The van der Waals surface area contributed by atoms with E-state index in [4.69, 9.17) is 0 Å². The summed E-state index contributed by atoms with van der Waals surface area (Å²) < 4.78 is 2.16. The van der Waals surface area contributed by atoms with Gasteiger partial charge in [-0.25, -0.2) is 4.58 Å². The van der Waals surface area contributed by atoms with E-state index in [1.54, 1.807) is 0 Å². The van der Waals surface area contributed by atoms with Crippen LogP contribution in [0.5, 0.6) is 0 Å². The van der Waals surface area contributed by atoms with Crippen LogP contribution in [0.3, 0.4) is 0 Å². The number of hydrogen-bond donors (Lipinski definition) is 0. The summed E-state index contributed by atoms with van der Waals surface area (Å²) in [6.45, 7) is 2.16. The Labute approximate surface area is 90.8 Å². The molecule has 0 unspecified atom stereocenters. The van der Waals surface area contributed by atoms with Gasteiger partial charge in [0.1, 0.15) is 14.1 Å². The second kappa shape index (κ2) is 5.86. The van der Waals surface area contributed by atoms with Crippen molar-refractivity contribution in [1.29, 1.82) is 0 Å². The van der Waals surface area contributed by atoms with Crippen LogP contribution in [0.2, 0.25) is 0 Å². The van der Waals surface area contributed by atoms with Gasteiger partial charge in [-0.3, -0.25) is 0 Å². The molecule has 2 heteroatoms. The molecule has 76 valence electrons. The standard InChI is InChI=1S/C12H18NS/c1-11(13(2)3)14-10-9-12-7-5-4-6-8-12/h4-8H,9-10H2,1-3H3/q+1. The molecule has 1 aromatic carbocycles. The predicted octanol–water partition coefficient (Wildman–Crippen LogP) is 2.65. The number of nitrogens with zero attached hydrogens (tertiary/aromatic N) is 1. The fraction of sp³-hybridized carbons (Fsp3) is 0.417. The third-order valence-electron chi connectivity index (χ3n) is 2.17. The number of benzene rings is 1. The van der Waals surface area contributed by atoms with Crippen LogP contribution in [-0.4, -0.2) is 29.5 Å². The van der Waals surface area contributed by atoms with Gasteiger partial charge in [0.15, 0.2) is 0 Å². The van der Waals surface area contributed by atoms with E-state index in [2.05, 4.69) is 55.9 Å². The Kier molecular flexibility index (Phi) is 4.74. The van der Waals surface area contributed by atoms with Crippen molar-refractivity contribution >= 4 is 16.8 Å². The molecule has 1 rings (SSSR count). The Balaban J connectivity index is 2.33. The number of hydrogen-bond acceptors (Lipinski definition) is 1. The van der Waals surface area contributed by atoms with Gasteiger partial charge in [-0.15, -0.1) is 0 Å². The molecule has 0 atom stereocenters. The lowest BCUT2D eigenvalue weighted by Gasteiger charge is -1.99. The lowest BCUT2D eigenvalue weighted by atomic mass is 10.2. The molecule has 0 saturated heterocycles. The summed E-state index contributed by atoms with van der Waals surface area (Å²) in [6.07, 6.45) is 1.15. The van der Waals surface area contributed by atoms with E-state index in [1.807, 2.05) is 11.8 Å². The molecule has 0 aliphatic heterocycles. The number of aryl methyl sites for hydroxylation is 1. The van der Waals surface area contributed by atoms with E-state index < -0.39 is 0 Å². The summed E-state index contributed by atoms with van der Waals surface area (Å²) in [5.41, 5.74) is 1.42. The first-order chi connectivity index (χ1) is 6.70. The maximum absolute atomic E-state index is 2.19. The van der Waals surface area contributed by atoms with Gasteiger partial charge in [0.05, 0.1) is 0 Å². The van der Waals surface area contributed by atoms with Gasteiger partial charge in [-0.2, -0.15) is 0 Å². The van der Waals surface area contributed by atoms with Gasteiger partial charge in [0.2, 0.25) is 5.04 Å². The minimum absolute atomic E-state index is 1.15. The van der Waals surface area contributed by atoms with Crippen molar-refractivity contribution in [3.63, 3.8) is 0 Å². The summed E-state index contributed by atoms with van der Waals surface area (Å²) >= 11 is 1.92. The number of rotatable bonds is 3. The molecule has 0 fully saturated rings. The van der Waals surface area contributed by atoms with Crippen LogP contribution in [0, 0.1) is 0 Å². The number of thioether (sulfide) groups is 1. The normalized spacial score (nSPS) is 9.93. The first kappa shape index (κ1) is 11.3. The average Bonchev–Trinajstić information content (AvgIpc) is 2.19. The van der Waals surface area contributed by atoms with Gasteiger partial charge in [0.25, 0.3) is 0 Å². The van der Waals surface area contributed by atoms with Gasteiger partial charge < -0.3 is 0 Å². The molecule has 0 aliphatic carbocycles. The van der Waals surface area contributed by atoms with Gasteiger partial charge in [-0.05, 0) is 12.0 Å². The Bertz CT molecular complexity index is 299. The summed E-state index contributed by atoms with van der Waals surface area (Å²) in [4.78, 5) is 0. The zero-order valence-corrected chi connectivity index (χ0v) is 9.97. The Morgan fingerprint density at radius 1 is 1.21 bits per heavy atom. The molecule has 0 amide bonds. The Morgan fingerprint density at radius 3 is 2.43 bits per heavy atom. The molecule has 0 aliphatic rings. The van der Waals surface area contributed by atoms with Crippen molar-refractivity contribution in [2.45, 2.75) is 13.3 Å². The third-order valence-corrected chi connectivity index (χ3v) is 3.37. The zero-order valence-electron chi connectivity index (χ0n) is 9.16. The highest BCUT2D eigenvalue weighted by Crippen LogP contribution is 2.07. The van der Waals surface area contributed by atoms with Crippen LogP contribution in [-0.2, 0) is 6.42 Å². The second-order valence-corrected chi connectivity index (χ2v) is 4.79. The van der Waals surface area contributed by atoms with E-state index >= 15 is 0 Å². The monoisotopic (exact) mass is 208 g/mol. The highest BCUT2D eigenvalue weighted by molar-refractivity contribution is 8.13. The van der Waals surface area contributed by atoms with Crippen molar-refractivity contribution in [2.75, 3.05) is 19.8 Å². The molecule has 1 nitrogen and oxygen atoms in total. The Morgan fingerprint density at radius 2 is 1.86 bits per heavy atom. The Hall–Kier alpha value is -0.760. The van der Waals surface area contributed by atoms with Crippen molar-refractivity contribution in [3.8, 4) is 0 Å². The minimum atomic E-state index is 1.15. The maximum Gasteiger partial charge on any atom is 0.206 e. The zero-order chi connectivity index (χ0) is 10.4. The first-order valence-electron chi connectivity index (χ1n) is 4.88. The third kappa shape index (κ3) is 3.97. The SMILES string of the molecule is CC(SCCc1ccccc1)=[N+](C)C. The molecule has 0 radical (unpaired) electrons. The van der Waals surface area contributed by atoms with Gasteiger partial charge >= 0.3 is 0 Å². The van der Waals surface area contributed by atoms with Crippen LogP contribution in [0.4, 0.5) is 0 Å². The largest absolute Gasteiger partial charge is 0.234 e. The lowest BCUT2D eigenvalue weighted by molar-refractivity contribution is -0.461. The minimum Gasteiger partial charge on any atom is -0.234 e. The van der Waals surface area contributed by atoms with Crippen molar-refractivity contribution in [3.05, 3.63) is 35.9 Å².